The Balaban J connectivity index is 1.53. The van der Waals surface area contributed by atoms with Gasteiger partial charge in [0.2, 0.25) is 0 Å². The zero-order valence-corrected chi connectivity index (χ0v) is 16.7. The number of anilines is 1. The molecule has 1 amide bonds. The first-order valence-corrected chi connectivity index (χ1v) is 9.52. The van der Waals surface area contributed by atoms with Crippen LogP contribution in [0.25, 0.3) is 10.9 Å². The van der Waals surface area contributed by atoms with E-state index in [9.17, 15) is 13.6 Å². The van der Waals surface area contributed by atoms with Crippen LogP contribution in [0, 0.1) is 11.6 Å². The number of nitrogens with zero attached hydrogens (tertiary/aromatic N) is 3. The molecule has 0 N–H and O–H groups in total. The van der Waals surface area contributed by atoms with Crippen molar-refractivity contribution in [2.75, 3.05) is 45.3 Å². The van der Waals surface area contributed by atoms with Crippen molar-refractivity contribution in [1.82, 2.24) is 9.88 Å². The highest BCUT2D eigenvalue weighted by Crippen LogP contribution is 2.31. The standard InChI is InChI=1S/C22H21F2N3O3/c1-29-18-6-3-14(13-19(18)30-2)22(28)27-11-9-26(10-12-27)17-7-8-25-21-16(24)5-4-15(23)20(17)21/h3-8,13H,9-12H2,1-2H3. The maximum atomic E-state index is 14.4. The molecular weight excluding hydrogens is 392 g/mol. The summed E-state index contributed by atoms with van der Waals surface area (Å²) < 4.78 is 39.0. The summed E-state index contributed by atoms with van der Waals surface area (Å²) in [6, 6.07) is 8.92. The number of ether oxygens (including phenoxy) is 2. The molecule has 30 heavy (non-hydrogen) atoms. The highest BCUT2D eigenvalue weighted by atomic mass is 19.1. The summed E-state index contributed by atoms with van der Waals surface area (Å²) in [4.78, 5) is 20.6. The third-order valence-electron chi connectivity index (χ3n) is 5.31. The van der Waals surface area contributed by atoms with E-state index in [1.54, 1.807) is 29.2 Å². The van der Waals surface area contributed by atoms with Crippen LogP contribution in [0.2, 0.25) is 0 Å². The average molecular weight is 413 g/mol. The lowest BCUT2D eigenvalue weighted by Gasteiger charge is -2.36. The van der Waals surface area contributed by atoms with Crippen LogP contribution in [0.4, 0.5) is 14.5 Å². The smallest absolute Gasteiger partial charge is 0.254 e. The van der Waals surface area contributed by atoms with Crippen LogP contribution >= 0.6 is 0 Å². The first kappa shape index (κ1) is 19.9. The normalized spacial score (nSPS) is 14.1. The highest BCUT2D eigenvalue weighted by Gasteiger charge is 2.25. The number of hydrogen-bond acceptors (Lipinski definition) is 5. The van der Waals surface area contributed by atoms with Crippen LogP contribution in [-0.2, 0) is 0 Å². The van der Waals surface area contributed by atoms with Crippen LogP contribution in [0.5, 0.6) is 11.5 Å². The van der Waals surface area contributed by atoms with Crippen LogP contribution in [0.3, 0.4) is 0 Å². The first-order valence-electron chi connectivity index (χ1n) is 9.52. The topological polar surface area (TPSA) is 54.9 Å². The van der Waals surface area contributed by atoms with Crippen LogP contribution in [0.1, 0.15) is 10.4 Å². The minimum atomic E-state index is -0.560. The fraction of sp³-hybridized carbons (Fsp3) is 0.273. The third-order valence-corrected chi connectivity index (χ3v) is 5.31. The summed E-state index contributed by atoms with van der Waals surface area (Å²) in [6.45, 7) is 1.89. The van der Waals surface area contributed by atoms with Gasteiger partial charge in [-0.3, -0.25) is 9.78 Å². The molecule has 0 saturated carbocycles. The number of pyridine rings is 1. The fourth-order valence-electron chi connectivity index (χ4n) is 3.74. The zero-order chi connectivity index (χ0) is 21.3. The van der Waals surface area contributed by atoms with Gasteiger partial charge in [-0.15, -0.1) is 0 Å². The molecule has 0 atom stereocenters. The van der Waals surface area contributed by atoms with Gasteiger partial charge in [-0.05, 0) is 36.4 Å². The summed E-state index contributed by atoms with van der Waals surface area (Å²) in [7, 11) is 3.06. The Labute approximate surface area is 172 Å². The summed E-state index contributed by atoms with van der Waals surface area (Å²) in [5.41, 5.74) is 1.09. The van der Waals surface area contributed by atoms with E-state index in [4.69, 9.17) is 9.47 Å². The highest BCUT2D eigenvalue weighted by molar-refractivity contribution is 5.95. The molecule has 8 heteroatoms. The van der Waals surface area contributed by atoms with Crippen molar-refractivity contribution in [3.05, 3.63) is 59.8 Å². The Bertz CT molecular complexity index is 1100. The van der Waals surface area contributed by atoms with E-state index < -0.39 is 11.6 Å². The lowest BCUT2D eigenvalue weighted by atomic mass is 10.1. The molecule has 6 nitrogen and oxygen atoms in total. The number of rotatable bonds is 4. The number of carbonyl (C=O) groups is 1. The van der Waals surface area contributed by atoms with Gasteiger partial charge in [0.25, 0.3) is 5.91 Å². The van der Waals surface area contributed by atoms with E-state index in [-0.39, 0.29) is 16.8 Å². The summed E-state index contributed by atoms with van der Waals surface area (Å²) >= 11 is 0. The lowest BCUT2D eigenvalue weighted by molar-refractivity contribution is 0.0746. The maximum absolute atomic E-state index is 14.4. The van der Waals surface area contributed by atoms with E-state index in [0.29, 0.717) is 48.9 Å². The summed E-state index contributed by atoms with van der Waals surface area (Å²) in [5, 5.41) is 0.164. The Hall–Kier alpha value is -3.42. The van der Waals surface area contributed by atoms with E-state index >= 15 is 0 Å². The number of hydrogen-bond donors (Lipinski definition) is 0. The van der Waals surface area contributed by atoms with Gasteiger partial charge in [0, 0.05) is 37.9 Å². The molecule has 1 aliphatic rings. The molecule has 156 valence electrons. The van der Waals surface area contributed by atoms with Gasteiger partial charge in [-0.25, -0.2) is 8.78 Å². The Morgan fingerprint density at radius 1 is 0.933 bits per heavy atom. The van der Waals surface area contributed by atoms with Crippen molar-refractivity contribution < 1.29 is 23.0 Å². The van der Waals surface area contributed by atoms with Crippen molar-refractivity contribution in [2.45, 2.75) is 0 Å². The van der Waals surface area contributed by atoms with Crippen molar-refractivity contribution in [3.63, 3.8) is 0 Å². The second-order valence-corrected chi connectivity index (χ2v) is 6.93. The number of methoxy groups -OCH3 is 2. The van der Waals surface area contributed by atoms with Gasteiger partial charge in [0.15, 0.2) is 11.5 Å². The molecule has 1 saturated heterocycles. The Morgan fingerprint density at radius 3 is 2.33 bits per heavy atom. The SMILES string of the molecule is COc1ccc(C(=O)N2CCN(c3ccnc4c(F)ccc(F)c34)CC2)cc1OC. The van der Waals surface area contributed by atoms with Crippen molar-refractivity contribution in [2.24, 2.45) is 0 Å². The molecule has 0 spiro atoms. The molecule has 1 aliphatic heterocycles. The van der Waals surface area contributed by atoms with Gasteiger partial charge in [0.1, 0.15) is 17.2 Å². The molecule has 0 bridgehead atoms. The predicted molar refractivity (Wildman–Crippen MR) is 109 cm³/mol. The summed E-state index contributed by atoms with van der Waals surface area (Å²) in [5.74, 6) is -0.151. The third kappa shape index (κ3) is 3.49. The number of benzene rings is 2. The molecule has 0 unspecified atom stereocenters. The number of piperazine rings is 1. The fourth-order valence-corrected chi connectivity index (χ4v) is 3.74. The average Bonchev–Trinajstić information content (AvgIpc) is 2.80. The number of fused-ring (bicyclic) bond motifs is 1. The molecule has 0 radical (unpaired) electrons. The minimum Gasteiger partial charge on any atom is -0.493 e. The number of halogens is 2. The molecule has 2 heterocycles. The molecule has 1 fully saturated rings. The molecular formula is C22H21F2N3O3. The molecule has 0 aliphatic carbocycles. The molecule has 4 rings (SSSR count). The van der Waals surface area contributed by atoms with Crippen molar-refractivity contribution in [1.29, 1.82) is 0 Å². The number of carbonyl (C=O) groups excluding carboxylic acids is 1. The molecule has 2 aromatic carbocycles. The van der Waals surface area contributed by atoms with Crippen LogP contribution in [0.15, 0.2) is 42.6 Å². The largest absolute Gasteiger partial charge is 0.493 e. The second-order valence-electron chi connectivity index (χ2n) is 6.93. The monoisotopic (exact) mass is 413 g/mol. The number of amides is 1. The van der Waals surface area contributed by atoms with Crippen molar-refractivity contribution >= 4 is 22.5 Å². The van der Waals surface area contributed by atoms with E-state index in [1.165, 1.54) is 20.4 Å². The first-order chi connectivity index (χ1) is 14.5. The van der Waals surface area contributed by atoms with E-state index in [0.717, 1.165) is 12.1 Å². The molecule has 1 aromatic heterocycles. The maximum Gasteiger partial charge on any atom is 0.254 e. The van der Waals surface area contributed by atoms with Crippen molar-refractivity contribution in [3.8, 4) is 11.5 Å². The second kappa shape index (κ2) is 8.14. The Morgan fingerprint density at radius 2 is 1.63 bits per heavy atom. The van der Waals surface area contributed by atoms with E-state index in [2.05, 4.69) is 4.98 Å². The van der Waals surface area contributed by atoms with Gasteiger partial charge in [-0.2, -0.15) is 0 Å². The van der Waals surface area contributed by atoms with Gasteiger partial charge in [0.05, 0.1) is 25.3 Å². The van der Waals surface area contributed by atoms with Crippen LogP contribution in [-0.4, -0.2) is 56.2 Å². The van der Waals surface area contributed by atoms with Gasteiger partial charge < -0.3 is 19.3 Å². The van der Waals surface area contributed by atoms with Crippen LogP contribution < -0.4 is 14.4 Å². The predicted octanol–water partition coefficient (Wildman–Crippen LogP) is 3.49. The lowest BCUT2D eigenvalue weighted by Crippen LogP contribution is -2.48. The minimum absolute atomic E-state index is 0.0105. The van der Waals surface area contributed by atoms with Gasteiger partial charge in [-0.1, -0.05) is 0 Å². The zero-order valence-electron chi connectivity index (χ0n) is 16.7. The summed E-state index contributed by atoms with van der Waals surface area (Å²) in [6.07, 6.45) is 1.47. The molecule has 3 aromatic rings. The quantitative estimate of drug-likeness (QED) is 0.656. The van der Waals surface area contributed by atoms with E-state index in [1.807, 2.05) is 4.90 Å². The Kier molecular flexibility index (Phi) is 5.39. The number of aromatic nitrogens is 1. The van der Waals surface area contributed by atoms with Gasteiger partial charge >= 0.3 is 0 Å².